The Balaban J connectivity index is 1.32. The van der Waals surface area contributed by atoms with Crippen molar-refractivity contribution in [1.82, 2.24) is 24.6 Å². The topological polar surface area (TPSA) is 68.4 Å². The fourth-order valence-electron chi connectivity index (χ4n) is 3.74. The number of thioether (sulfide) groups is 1. The Bertz CT molecular complexity index is 970. The Morgan fingerprint density at radius 1 is 1.10 bits per heavy atom. The van der Waals surface area contributed by atoms with E-state index in [1.165, 1.54) is 22.2 Å². The van der Waals surface area contributed by atoms with E-state index in [9.17, 15) is 4.79 Å². The number of aromatic nitrogens is 4. The number of pyridine rings is 1. The summed E-state index contributed by atoms with van der Waals surface area (Å²) >= 11 is 1.47. The van der Waals surface area contributed by atoms with Crippen molar-refractivity contribution in [3.05, 3.63) is 60.4 Å². The van der Waals surface area contributed by atoms with E-state index in [1.54, 1.807) is 12.4 Å². The molecule has 4 rings (SSSR count). The van der Waals surface area contributed by atoms with E-state index in [0.29, 0.717) is 0 Å². The number of quaternary nitrogens is 1. The van der Waals surface area contributed by atoms with Gasteiger partial charge in [-0.25, -0.2) is 0 Å². The minimum atomic E-state index is -0.200. The van der Waals surface area contributed by atoms with Crippen LogP contribution in [0, 0.1) is 0 Å². The zero-order chi connectivity index (χ0) is 20.9. The van der Waals surface area contributed by atoms with Gasteiger partial charge in [0.1, 0.15) is 6.54 Å². The number of hydrogen-bond acceptors (Lipinski definition) is 5. The van der Waals surface area contributed by atoms with E-state index in [0.717, 1.165) is 49.3 Å². The summed E-state index contributed by atoms with van der Waals surface area (Å²) in [5.74, 6) is 0.949. The van der Waals surface area contributed by atoms with Gasteiger partial charge < -0.3 is 14.4 Å². The molecule has 8 heteroatoms. The smallest absolute Gasteiger partial charge is 0.236 e. The van der Waals surface area contributed by atoms with Crippen LogP contribution in [-0.4, -0.2) is 62.0 Å². The van der Waals surface area contributed by atoms with E-state index in [2.05, 4.69) is 39.4 Å². The zero-order valence-electron chi connectivity index (χ0n) is 17.4. The number of amides is 1. The summed E-state index contributed by atoms with van der Waals surface area (Å²) in [6.07, 6.45) is 3.48. The van der Waals surface area contributed by atoms with Gasteiger partial charge in [-0.3, -0.25) is 9.78 Å². The van der Waals surface area contributed by atoms with Crippen molar-refractivity contribution in [1.29, 1.82) is 0 Å². The summed E-state index contributed by atoms with van der Waals surface area (Å²) in [7, 11) is 1.93. The summed E-state index contributed by atoms with van der Waals surface area (Å²) in [5.41, 5.74) is 2.31. The molecule has 1 saturated heterocycles. The molecule has 1 aromatic carbocycles. The largest absolute Gasteiger partial charge is 0.330 e. The molecule has 1 amide bonds. The highest BCUT2D eigenvalue weighted by Gasteiger charge is 2.28. The lowest BCUT2D eigenvalue weighted by Crippen LogP contribution is -3.13. The van der Waals surface area contributed by atoms with Crippen molar-refractivity contribution in [3.8, 4) is 11.4 Å². The molecule has 0 unspecified atom stereocenters. The maximum atomic E-state index is 13.0. The van der Waals surface area contributed by atoms with E-state index in [1.807, 2.05) is 41.6 Å². The highest BCUT2D eigenvalue weighted by molar-refractivity contribution is 8.00. The lowest BCUT2D eigenvalue weighted by Gasteiger charge is -2.33. The average molecular weight is 424 g/mol. The van der Waals surface area contributed by atoms with E-state index in [-0.39, 0.29) is 11.2 Å². The highest BCUT2D eigenvalue weighted by atomic mass is 32.2. The van der Waals surface area contributed by atoms with Crippen LogP contribution in [0.4, 0.5) is 0 Å². The number of nitrogens with one attached hydrogen (secondary N) is 1. The Kier molecular flexibility index (Phi) is 6.44. The lowest BCUT2D eigenvalue weighted by molar-refractivity contribution is -0.917. The Morgan fingerprint density at radius 3 is 2.50 bits per heavy atom. The van der Waals surface area contributed by atoms with Crippen LogP contribution in [0.1, 0.15) is 12.5 Å². The number of piperazine rings is 1. The number of carbonyl (C=O) groups is 1. The van der Waals surface area contributed by atoms with Crippen LogP contribution in [0.5, 0.6) is 0 Å². The minimum absolute atomic E-state index is 0.173. The van der Waals surface area contributed by atoms with Crippen LogP contribution in [-0.2, 0) is 18.4 Å². The molecule has 1 fully saturated rings. The molecule has 1 aliphatic heterocycles. The lowest BCUT2D eigenvalue weighted by atomic mass is 10.2. The summed E-state index contributed by atoms with van der Waals surface area (Å²) in [6.45, 7) is 6.53. The number of hydrogen-bond donors (Lipinski definition) is 1. The number of rotatable bonds is 6. The van der Waals surface area contributed by atoms with Crippen molar-refractivity contribution in [3.63, 3.8) is 0 Å². The van der Waals surface area contributed by atoms with Gasteiger partial charge in [0.15, 0.2) is 11.0 Å². The Morgan fingerprint density at radius 2 is 1.80 bits per heavy atom. The molecular formula is C22H27N6OS+. The van der Waals surface area contributed by atoms with Crippen LogP contribution < -0.4 is 4.90 Å². The van der Waals surface area contributed by atoms with Crippen molar-refractivity contribution in [2.75, 3.05) is 26.2 Å². The number of carbonyl (C=O) groups excluding carboxylic acids is 1. The van der Waals surface area contributed by atoms with Gasteiger partial charge in [-0.1, -0.05) is 42.1 Å². The molecule has 0 aliphatic carbocycles. The normalized spacial score (nSPS) is 15.9. The first-order valence-electron chi connectivity index (χ1n) is 10.2. The molecule has 156 valence electrons. The van der Waals surface area contributed by atoms with E-state index in [4.69, 9.17) is 0 Å². The maximum Gasteiger partial charge on any atom is 0.236 e. The van der Waals surface area contributed by atoms with Gasteiger partial charge in [0.25, 0.3) is 0 Å². The van der Waals surface area contributed by atoms with Crippen LogP contribution >= 0.6 is 11.8 Å². The monoisotopic (exact) mass is 423 g/mol. The molecule has 7 nitrogen and oxygen atoms in total. The van der Waals surface area contributed by atoms with Gasteiger partial charge in [0.2, 0.25) is 5.91 Å². The third-order valence-electron chi connectivity index (χ3n) is 5.48. The van der Waals surface area contributed by atoms with Gasteiger partial charge in [-0.05, 0) is 19.1 Å². The predicted molar refractivity (Wildman–Crippen MR) is 117 cm³/mol. The van der Waals surface area contributed by atoms with Crippen molar-refractivity contribution in [2.45, 2.75) is 23.9 Å². The zero-order valence-corrected chi connectivity index (χ0v) is 18.2. The molecule has 0 spiro atoms. The fraction of sp³-hybridized carbons (Fsp3) is 0.364. The first kappa shape index (κ1) is 20.6. The molecule has 0 bridgehead atoms. The van der Waals surface area contributed by atoms with Crippen molar-refractivity contribution < 1.29 is 9.69 Å². The van der Waals surface area contributed by atoms with Gasteiger partial charge in [-0.2, -0.15) is 0 Å². The number of nitrogens with zero attached hydrogens (tertiary/aromatic N) is 5. The van der Waals surface area contributed by atoms with Crippen molar-refractivity contribution >= 4 is 17.7 Å². The molecule has 1 N–H and O–H groups in total. The average Bonchev–Trinajstić information content (AvgIpc) is 3.15. The molecule has 3 aromatic rings. The molecule has 0 radical (unpaired) electrons. The number of benzene rings is 1. The second-order valence-electron chi connectivity index (χ2n) is 7.60. The minimum Gasteiger partial charge on any atom is -0.330 e. The van der Waals surface area contributed by atoms with E-state index >= 15 is 0 Å². The quantitative estimate of drug-likeness (QED) is 0.605. The SMILES string of the molecule is C[C@H](Sc1nnc(-c2ccncc2)n1C)C(=O)N1CC[NH+](Cc2ccccc2)CC1. The molecule has 2 aromatic heterocycles. The first-order valence-corrected chi connectivity index (χ1v) is 11.1. The van der Waals surface area contributed by atoms with Gasteiger partial charge >= 0.3 is 0 Å². The van der Waals surface area contributed by atoms with Crippen LogP contribution in [0.15, 0.2) is 60.0 Å². The third-order valence-corrected chi connectivity index (χ3v) is 6.60. The summed E-state index contributed by atoms with van der Waals surface area (Å²) in [6, 6.07) is 14.4. The molecule has 3 heterocycles. The second kappa shape index (κ2) is 9.40. The Hall–Kier alpha value is -2.71. The second-order valence-corrected chi connectivity index (χ2v) is 8.91. The summed E-state index contributed by atoms with van der Waals surface area (Å²) < 4.78 is 1.94. The van der Waals surface area contributed by atoms with Crippen LogP contribution in [0.2, 0.25) is 0 Å². The van der Waals surface area contributed by atoms with Gasteiger partial charge in [0, 0.05) is 30.6 Å². The molecular weight excluding hydrogens is 396 g/mol. The molecule has 1 atom stereocenters. The third kappa shape index (κ3) is 4.71. The van der Waals surface area contributed by atoms with Gasteiger partial charge in [-0.15, -0.1) is 10.2 Å². The summed E-state index contributed by atoms with van der Waals surface area (Å²) in [4.78, 5) is 20.6. The van der Waals surface area contributed by atoms with Crippen LogP contribution in [0.3, 0.4) is 0 Å². The molecule has 1 aliphatic rings. The predicted octanol–water partition coefficient (Wildman–Crippen LogP) is 1.28. The Labute approximate surface area is 181 Å². The van der Waals surface area contributed by atoms with Gasteiger partial charge in [0.05, 0.1) is 31.4 Å². The molecule has 0 saturated carbocycles. The van der Waals surface area contributed by atoms with Crippen LogP contribution in [0.25, 0.3) is 11.4 Å². The summed E-state index contributed by atoms with van der Waals surface area (Å²) in [5, 5.41) is 9.14. The standard InChI is InChI=1S/C22H26N6OS/c1-17(30-22-25-24-20(26(22)2)19-8-10-23-11-9-19)21(29)28-14-12-27(13-15-28)16-18-6-4-3-5-7-18/h3-11,17H,12-16H2,1-2H3/p+1/t17-/m0/s1. The highest BCUT2D eigenvalue weighted by Crippen LogP contribution is 2.26. The first-order chi connectivity index (χ1) is 14.6. The molecule has 30 heavy (non-hydrogen) atoms. The maximum absolute atomic E-state index is 13.0. The van der Waals surface area contributed by atoms with E-state index < -0.39 is 0 Å². The fourth-order valence-corrected chi connectivity index (χ4v) is 4.64. The van der Waals surface area contributed by atoms with Crippen molar-refractivity contribution in [2.24, 2.45) is 7.05 Å².